The zero-order valence-electron chi connectivity index (χ0n) is 25.8. The Hall–Kier alpha value is -3.69. The Morgan fingerprint density at radius 1 is 0.978 bits per heavy atom. The normalized spacial score (nSPS) is 17.4. The SMILES string of the molecule is CCN1CCN(CCCCOc2ccc(N(Cc3ccc(-c4nnc(C(F)F)o4)cc3F)C(=O)N3CCS(=O)(=O)CC3)cc2)CC1. The van der Waals surface area contributed by atoms with Gasteiger partial charge in [0.15, 0.2) is 9.84 Å². The molecule has 2 saturated heterocycles. The minimum Gasteiger partial charge on any atom is -0.494 e. The van der Waals surface area contributed by atoms with Crippen molar-refractivity contribution in [3.05, 3.63) is 59.7 Å². The second-order valence-corrected chi connectivity index (χ2v) is 13.7. The number of ether oxygens (including phenoxy) is 1. The largest absolute Gasteiger partial charge is 0.494 e. The van der Waals surface area contributed by atoms with Gasteiger partial charge in [-0.05, 0) is 62.3 Å². The van der Waals surface area contributed by atoms with Gasteiger partial charge in [0.05, 0.1) is 24.7 Å². The number of piperazine rings is 1. The van der Waals surface area contributed by atoms with Crippen LogP contribution in [0.5, 0.6) is 5.75 Å². The van der Waals surface area contributed by atoms with Crippen molar-refractivity contribution in [2.75, 3.05) is 75.4 Å². The molecule has 0 atom stereocenters. The summed E-state index contributed by atoms with van der Waals surface area (Å²) < 4.78 is 75.8. The Kier molecular flexibility index (Phi) is 11.2. The molecule has 0 aliphatic carbocycles. The van der Waals surface area contributed by atoms with Crippen LogP contribution in [0.2, 0.25) is 0 Å². The van der Waals surface area contributed by atoms with Crippen LogP contribution in [-0.2, 0) is 16.4 Å². The lowest BCUT2D eigenvalue weighted by Gasteiger charge is -2.34. The number of sulfone groups is 1. The number of aromatic nitrogens is 2. The van der Waals surface area contributed by atoms with E-state index in [1.807, 2.05) is 0 Å². The Morgan fingerprint density at radius 3 is 2.30 bits per heavy atom. The number of benzene rings is 2. The van der Waals surface area contributed by atoms with E-state index < -0.39 is 34.0 Å². The van der Waals surface area contributed by atoms with Crippen molar-refractivity contribution in [1.82, 2.24) is 24.9 Å². The molecule has 0 saturated carbocycles. The Balaban J connectivity index is 1.23. The van der Waals surface area contributed by atoms with Crippen molar-refractivity contribution in [2.45, 2.75) is 32.7 Å². The standard InChI is InChI=1S/C31H39F3N6O5S/c1-2-37-12-14-38(15-13-37)11-3-4-18-44-26-9-7-25(8-10-26)40(31(41)39-16-19-46(42,43)20-17-39)22-24-6-5-23(21-27(24)32)29-35-36-30(45-29)28(33)34/h5-10,21,28H,2-4,11-20,22H2,1H3. The van der Waals surface area contributed by atoms with Crippen LogP contribution < -0.4 is 9.64 Å². The topological polar surface area (TPSA) is 112 Å². The van der Waals surface area contributed by atoms with E-state index in [4.69, 9.17) is 9.15 Å². The van der Waals surface area contributed by atoms with E-state index >= 15 is 4.39 Å². The summed E-state index contributed by atoms with van der Waals surface area (Å²) in [5, 5.41) is 6.83. The number of urea groups is 1. The van der Waals surface area contributed by atoms with Crippen LogP contribution in [-0.4, -0.2) is 110 Å². The van der Waals surface area contributed by atoms with Crippen molar-refractivity contribution < 1.29 is 35.5 Å². The molecule has 3 aromatic rings. The van der Waals surface area contributed by atoms with E-state index in [2.05, 4.69) is 26.9 Å². The summed E-state index contributed by atoms with van der Waals surface area (Å²) in [6.07, 6.45) is -1.02. The van der Waals surface area contributed by atoms with Crippen LogP contribution in [0, 0.1) is 5.82 Å². The first-order chi connectivity index (χ1) is 22.1. The number of likely N-dealkylation sites (N-methyl/N-ethyl adjacent to an activating group) is 1. The van der Waals surface area contributed by atoms with E-state index in [-0.39, 0.29) is 48.2 Å². The minimum atomic E-state index is -3.23. The third kappa shape index (κ3) is 8.76. The van der Waals surface area contributed by atoms with E-state index in [1.54, 1.807) is 24.3 Å². The van der Waals surface area contributed by atoms with Crippen molar-refractivity contribution in [3.63, 3.8) is 0 Å². The number of hydrogen-bond acceptors (Lipinski definition) is 9. The molecule has 15 heteroatoms. The van der Waals surface area contributed by atoms with E-state index in [9.17, 15) is 22.0 Å². The molecule has 250 valence electrons. The highest BCUT2D eigenvalue weighted by Gasteiger charge is 2.30. The predicted molar refractivity (Wildman–Crippen MR) is 166 cm³/mol. The molecular weight excluding hydrogens is 625 g/mol. The summed E-state index contributed by atoms with van der Waals surface area (Å²) in [6.45, 7) is 9.15. The van der Waals surface area contributed by atoms with E-state index in [0.29, 0.717) is 18.0 Å². The maximum absolute atomic E-state index is 15.3. The average Bonchev–Trinajstić information content (AvgIpc) is 3.56. The molecule has 0 bridgehead atoms. The third-order valence-corrected chi connectivity index (χ3v) is 9.91. The first-order valence-corrected chi connectivity index (χ1v) is 17.3. The summed E-state index contributed by atoms with van der Waals surface area (Å²) in [5.41, 5.74) is 0.728. The van der Waals surface area contributed by atoms with Crippen molar-refractivity contribution >= 4 is 21.6 Å². The molecule has 2 aromatic carbocycles. The number of alkyl halides is 2. The second kappa shape index (κ2) is 15.3. The van der Waals surface area contributed by atoms with Gasteiger partial charge in [-0.25, -0.2) is 17.6 Å². The van der Waals surface area contributed by atoms with Gasteiger partial charge < -0.3 is 23.9 Å². The van der Waals surface area contributed by atoms with Crippen LogP contribution in [0.4, 0.5) is 23.7 Å². The van der Waals surface area contributed by atoms with Crippen LogP contribution in [0.3, 0.4) is 0 Å². The monoisotopic (exact) mass is 664 g/mol. The van der Waals surface area contributed by atoms with E-state index in [1.165, 1.54) is 21.9 Å². The molecule has 11 nitrogen and oxygen atoms in total. The number of nitrogens with zero attached hydrogens (tertiary/aromatic N) is 6. The van der Waals surface area contributed by atoms with Crippen LogP contribution in [0.25, 0.3) is 11.5 Å². The quantitative estimate of drug-likeness (QED) is 0.259. The number of unbranched alkanes of at least 4 members (excludes halogenated alkanes) is 1. The van der Waals surface area contributed by atoms with Crippen molar-refractivity contribution in [2.24, 2.45) is 0 Å². The fourth-order valence-corrected chi connectivity index (χ4v) is 6.64. The number of amides is 2. The molecule has 1 aromatic heterocycles. The molecule has 0 radical (unpaired) electrons. The lowest BCUT2D eigenvalue weighted by Crippen LogP contribution is -2.49. The lowest BCUT2D eigenvalue weighted by molar-refractivity contribution is 0.116. The van der Waals surface area contributed by atoms with Crippen LogP contribution in [0.1, 0.15) is 37.6 Å². The Bertz CT molecular complexity index is 1550. The molecule has 46 heavy (non-hydrogen) atoms. The van der Waals surface area contributed by atoms with Crippen LogP contribution in [0.15, 0.2) is 46.9 Å². The van der Waals surface area contributed by atoms with Crippen LogP contribution >= 0.6 is 0 Å². The van der Waals surface area contributed by atoms with Gasteiger partial charge in [0.1, 0.15) is 11.6 Å². The maximum Gasteiger partial charge on any atom is 0.324 e. The highest BCUT2D eigenvalue weighted by Crippen LogP contribution is 2.28. The first kappa shape index (κ1) is 33.7. The predicted octanol–water partition coefficient (Wildman–Crippen LogP) is 4.47. The molecule has 2 amide bonds. The Labute approximate surface area is 266 Å². The molecule has 0 unspecified atom stereocenters. The summed E-state index contributed by atoms with van der Waals surface area (Å²) in [7, 11) is -3.23. The Morgan fingerprint density at radius 2 is 1.67 bits per heavy atom. The third-order valence-electron chi connectivity index (χ3n) is 8.30. The molecule has 0 spiro atoms. The summed E-state index contributed by atoms with van der Waals surface area (Å²) >= 11 is 0. The van der Waals surface area contributed by atoms with Gasteiger partial charge in [-0.15, -0.1) is 10.2 Å². The number of hydrogen-bond donors (Lipinski definition) is 0. The van der Waals surface area contributed by atoms with Crippen molar-refractivity contribution in [1.29, 1.82) is 0 Å². The molecule has 0 N–H and O–H groups in total. The molecule has 3 heterocycles. The van der Waals surface area contributed by atoms with Gasteiger partial charge in [0.2, 0.25) is 5.89 Å². The van der Waals surface area contributed by atoms with Gasteiger partial charge in [-0.3, -0.25) is 4.90 Å². The average molecular weight is 665 g/mol. The van der Waals surface area contributed by atoms with Gasteiger partial charge in [0.25, 0.3) is 5.89 Å². The summed E-state index contributed by atoms with van der Waals surface area (Å²) in [6, 6.07) is 10.4. The molecule has 5 rings (SSSR count). The smallest absolute Gasteiger partial charge is 0.324 e. The van der Waals surface area contributed by atoms with Gasteiger partial charge in [0, 0.05) is 56.1 Å². The molecule has 2 fully saturated rings. The minimum absolute atomic E-state index is 0.0260. The van der Waals surface area contributed by atoms with Crippen molar-refractivity contribution in [3.8, 4) is 17.2 Å². The number of carbonyl (C=O) groups is 1. The van der Waals surface area contributed by atoms with Gasteiger partial charge in [-0.1, -0.05) is 13.0 Å². The maximum atomic E-state index is 15.3. The zero-order valence-corrected chi connectivity index (χ0v) is 26.6. The fourth-order valence-electron chi connectivity index (χ4n) is 5.44. The number of carbonyl (C=O) groups excluding carboxylic acids is 1. The zero-order chi connectivity index (χ0) is 32.7. The second-order valence-electron chi connectivity index (χ2n) is 11.4. The number of rotatable bonds is 12. The highest BCUT2D eigenvalue weighted by molar-refractivity contribution is 7.91. The van der Waals surface area contributed by atoms with Gasteiger partial charge >= 0.3 is 12.5 Å². The lowest BCUT2D eigenvalue weighted by atomic mass is 10.1. The molecular formula is C31H39F3N6O5S. The molecule has 2 aliphatic rings. The molecule has 2 aliphatic heterocycles. The number of halogens is 3. The number of anilines is 1. The summed E-state index contributed by atoms with van der Waals surface area (Å²) in [4.78, 5) is 21.4. The van der Waals surface area contributed by atoms with E-state index in [0.717, 1.165) is 58.2 Å². The van der Waals surface area contributed by atoms with Gasteiger partial charge in [-0.2, -0.15) is 8.78 Å². The first-order valence-electron chi connectivity index (χ1n) is 15.5. The summed E-state index contributed by atoms with van der Waals surface area (Å²) in [5.74, 6) is -1.50. The fraction of sp³-hybridized carbons (Fsp3) is 0.516. The highest BCUT2D eigenvalue weighted by atomic mass is 32.2.